The first-order valence-electron chi connectivity index (χ1n) is 11.8. The number of H-pyrrole nitrogens is 1. The number of nitrogens with zero attached hydrogens (tertiary/aromatic N) is 4. The molecule has 1 saturated heterocycles. The zero-order valence-electron chi connectivity index (χ0n) is 20.3. The van der Waals surface area contributed by atoms with Crippen molar-refractivity contribution in [3.8, 4) is 22.4 Å². The second kappa shape index (κ2) is 9.70. The summed E-state index contributed by atoms with van der Waals surface area (Å²) in [6, 6.07) is 11.1. The molecule has 2 aliphatic heterocycles. The molecule has 0 atom stereocenters. The van der Waals surface area contributed by atoms with E-state index < -0.39 is 0 Å². The first kappa shape index (κ1) is 22.9. The molecule has 33 heavy (non-hydrogen) atoms. The molecule has 0 unspecified atom stereocenters. The van der Waals surface area contributed by atoms with Crippen molar-refractivity contribution in [1.29, 1.82) is 0 Å². The lowest BCUT2D eigenvalue weighted by Crippen LogP contribution is -2.42. The van der Waals surface area contributed by atoms with Crippen molar-refractivity contribution in [2.75, 3.05) is 42.9 Å². The fourth-order valence-electron chi connectivity index (χ4n) is 4.38. The normalized spacial score (nSPS) is 15.2. The van der Waals surface area contributed by atoms with Gasteiger partial charge in [-0.3, -0.25) is 15.4 Å². The second-order valence-corrected chi connectivity index (χ2v) is 9.02. The molecule has 0 amide bonds. The third kappa shape index (κ3) is 4.61. The highest BCUT2D eigenvalue weighted by molar-refractivity contribution is 5.89. The van der Waals surface area contributed by atoms with E-state index in [1.165, 1.54) is 19.3 Å². The Morgan fingerprint density at radius 1 is 1.06 bits per heavy atom. The fraction of sp³-hybridized carbons (Fsp3) is 0.440. The van der Waals surface area contributed by atoms with E-state index in [9.17, 15) is 4.79 Å². The van der Waals surface area contributed by atoms with Crippen molar-refractivity contribution in [1.82, 2.24) is 19.4 Å². The van der Waals surface area contributed by atoms with E-state index >= 15 is 0 Å². The Morgan fingerprint density at radius 3 is 2.39 bits per heavy atom. The van der Waals surface area contributed by atoms with Crippen LogP contribution in [0.25, 0.3) is 22.4 Å². The van der Waals surface area contributed by atoms with Gasteiger partial charge in [0, 0.05) is 43.5 Å². The second-order valence-electron chi connectivity index (χ2n) is 9.02. The Labute approximate surface area is 195 Å². The van der Waals surface area contributed by atoms with Crippen LogP contribution >= 0.6 is 0 Å². The van der Waals surface area contributed by atoms with Gasteiger partial charge in [-0.05, 0) is 56.8 Å². The first-order chi connectivity index (χ1) is 15.9. The molecule has 0 aliphatic carbocycles. The molecule has 4 heterocycles. The summed E-state index contributed by atoms with van der Waals surface area (Å²) in [6.07, 6.45) is 5.53. The molecule has 2 aliphatic rings. The van der Waals surface area contributed by atoms with Crippen LogP contribution < -0.4 is 21.4 Å². The summed E-state index contributed by atoms with van der Waals surface area (Å²) in [5.41, 5.74) is 10.9. The molecule has 5 rings (SSSR count). The number of piperidine rings is 1. The van der Waals surface area contributed by atoms with Crippen LogP contribution in [0, 0.1) is 0 Å². The Kier molecular flexibility index (Phi) is 6.74. The summed E-state index contributed by atoms with van der Waals surface area (Å²) in [4.78, 5) is 24.4. The van der Waals surface area contributed by atoms with Crippen LogP contribution in [-0.4, -0.2) is 52.7 Å². The van der Waals surface area contributed by atoms with Gasteiger partial charge in [-0.2, -0.15) is 0 Å². The highest BCUT2D eigenvalue weighted by atomic mass is 16.1. The minimum atomic E-state index is -0.142. The number of fused-ring (bicyclic) bond motifs is 3. The average molecular weight is 450 g/mol. The zero-order chi connectivity index (χ0) is 23.5. The molecule has 0 radical (unpaired) electrons. The summed E-state index contributed by atoms with van der Waals surface area (Å²) in [7, 11) is 6.06. The Hall–Kier alpha value is -3.26. The van der Waals surface area contributed by atoms with E-state index in [4.69, 9.17) is 4.98 Å². The van der Waals surface area contributed by atoms with Crippen LogP contribution in [0.3, 0.4) is 0 Å². The molecule has 8 heteroatoms. The Balaban J connectivity index is 0.000000821. The van der Waals surface area contributed by atoms with Crippen LogP contribution in [0.2, 0.25) is 0 Å². The van der Waals surface area contributed by atoms with Crippen molar-refractivity contribution in [2.45, 2.75) is 39.2 Å². The van der Waals surface area contributed by atoms with Crippen molar-refractivity contribution < 1.29 is 0 Å². The number of hydrazine groups is 1. The predicted octanol–water partition coefficient (Wildman–Crippen LogP) is 4.14. The predicted molar refractivity (Wildman–Crippen MR) is 137 cm³/mol. The third-order valence-electron chi connectivity index (χ3n) is 6.31. The summed E-state index contributed by atoms with van der Waals surface area (Å²) in [5.74, 6) is 1.77. The van der Waals surface area contributed by atoms with Gasteiger partial charge in [0.1, 0.15) is 5.82 Å². The summed E-state index contributed by atoms with van der Waals surface area (Å²) in [5, 5.41) is 0. The van der Waals surface area contributed by atoms with Crippen molar-refractivity contribution in [3.63, 3.8) is 0 Å². The van der Waals surface area contributed by atoms with Crippen LogP contribution in [0.4, 0.5) is 17.3 Å². The van der Waals surface area contributed by atoms with E-state index in [1.54, 1.807) is 11.6 Å². The number of nitrogens with one attached hydrogen (secondary N) is 3. The number of aromatic nitrogens is 3. The molecule has 3 N–H and O–H groups in total. The molecule has 176 valence electrons. The van der Waals surface area contributed by atoms with Gasteiger partial charge < -0.3 is 14.8 Å². The van der Waals surface area contributed by atoms with Gasteiger partial charge in [-0.15, -0.1) is 0 Å². The SMILES string of the molecule is CCC.CN(C)C1CCN(c2ccc(-c3ccc4c(c3)-c3[nH]c(=O)n(C)c3NN4)cn2)CC1. The number of pyridine rings is 1. The molecule has 0 spiro atoms. The number of hydrogen-bond acceptors (Lipinski definition) is 6. The van der Waals surface area contributed by atoms with Crippen molar-refractivity contribution in [2.24, 2.45) is 7.05 Å². The van der Waals surface area contributed by atoms with E-state index in [2.05, 4.69) is 77.8 Å². The molecule has 3 aromatic rings. The number of hydrogen-bond donors (Lipinski definition) is 3. The maximum atomic E-state index is 12.0. The summed E-state index contributed by atoms with van der Waals surface area (Å²) >= 11 is 0. The Morgan fingerprint density at radius 2 is 1.76 bits per heavy atom. The van der Waals surface area contributed by atoms with Gasteiger partial charge in [-0.25, -0.2) is 9.78 Å². The lowest BCUT2D eigenvalue weighted by atomic mass is 10.0. The highest BCUT2D eigenvalue weighted by Gasteiger charge is 2.23. The third-order valence-corrected chi connectivity index (χ3v) is 6.31. The lowest BCUT2D eigenvalue weighted by molar-refractivity contribution is 0.249. The molecule has 8 nitrogen and oxygen atoms in total. The highest BCUT2D eigenvalue weighted by Crippen LogP contribution is 2.38. The summed E-state index contributed by atoms with van der Waals surface area (Å²) < 4.78 is 1.56. The number of anilines is 3. The monoisotopic (exact) mass is 449 g/mol. The van der Waals surface area contributed by atoms with Crippen LogP contribution in [0.5, 0.6) is 0 Å². The molecular weight excluding hydrogens is 414 g/mol. The number of imidazole rings is 1. The van der Waals surface area contributed by atoms with Gasteiger partial charge in [-0.1, -0.05) is 26.3 Å². The van der Waals surface area contributed by atoms with Crippen molar-refractivity contribution >= 4 is 17.3 Å². The van der Waals surface area contributed by atoms with E-state index in [1.807, 2.05) is 12.3 Å². The van der Waals surface area contributed by atoms with E-state index in [0.717, 1.165) is 52.8 Å². The molecule has 2 aromatic heterocycles. The molecule has 1 aromatic carbocycles. The van der Waals surface area contributed by atoms with Gasteiger partial charge in [0.05, 0.1) is 11.4 Å². The molecule has 1 fully saturated rings. The van der Waals surface area contributed by atoms with Gasteiger partial charge in [0.15, 0.2) is 5.82 Å². The lowest BCUT2D eigenvalue weighted by Gasteiger charge is -2.35. The topological polar surface area (TPSA) is 81.2 Å². The minimum Gasteiger partial charge on any atom is -0.357 e. The fourth-order valence-corrected chi connectivity index (χ4v) is 4.38. The smallest absolute Gasteiger partial charge is 0.327 e. The first-order valence-corrected chi connectivity index (χ1v) is 11.8. The van der Waals surface area contributed by atoms with Crippen LogP contribution in [0.15, 0.2) is 41.3 Å². The average Bonchev–Trinajstić information content (AvgIpc) is 3.13. The minimum absolute atomic E-state index is 0.142. The number of rotatable bonds is 3. The largest absolute Gasteiger partial charge is 0.357 e. The van der Waals surface area contributed by atoms with Gasteiger partial charge in [0.2, 0.25) is 0 Å². The molecule has 0 saturated carbocycles. The van der Waals surface area contributed by atoms with Crippen molar-refractivity contribution in [3.05, 3.63) is 47.0 Å². The number of aromatic amines is 1. The van der Waals surface area contributed by atoms with Gasteiger partial charge in [0.25, 0.3) is 0 Å². The van der Waals surface area contributed by atoms with Crippen LogP contribution in [0.1, 0.15) is 33.1 Å². The van der Waals surface area contributed by atoms with E-state index in [0.29, 0.717) is 6.04 Å². The quantitative estimate of drug-likeness (QED) is 0.558. The Bertz CT molecular complexity index is 1140. The maximum absolute atomic E-state index is 12.0. The van der Waals surface area contributed by atoms with Gasteiger partial charge >= 0.3 is 5.69 Å². The molecule has 0 bridgehead atoms. The standard InChI is InChI=1S/C22H27N7O.C3H8/c1-27(2)16-8-10-29(11-9-16)19-7-5-15(13-23-19)14-4-6-18-17(12-14)20-21(26-25-18)28(3)22(30)24-20;1-3-2/h4-7,12-13,16,25-26H,8-11H2,1-3H3,(H,24,30);3H2,1-2H3. The zero-order valence-corrected chi connectivity index (χ0v) is 20.3. The van der Waals surface area contributed by atoms with E-state index in [-0.39, 0.29) is 5.69 Å². The maximum Gasteiger partial charge on any atom is 0.327 e. The number of benzene rings is 1. The summed E-state index contributed by atoms with van der Waals surface area (Å²) in [6.45, 7) is 6.33. The molecular formula is C25H35N7O. The van der Waals surface area contributed by atoms with Crippen LogP contribution in [-0.2, 0) is 7.05 Å².